The molecular weight excluding hydrogens is 415 g/mol. The number of Topliss-reactive ketones (excluding diaryl/α,β-unsaturated/α-hetero) is 1. The summed E-state index contributed by atoms with van der Waals surface area (Å²) in [7, 11) is -0.308. The predicted molar refractivity (Wildman–Crippen MR) is 120 cm³/mol. The number of carbonyl (C=O) groups excluding carboxylic acids is 1. The molecule has 0 saturated heterocycles. The molecule has 0 fully saturated rings. The van der Waals surface area contributed by atoms with Gasteiger partial charge in [0.2, 0.25) is 15.6 Å². The first-order valence-electron chi connectivity index (χ1n) is 9.63. The lowest BCUT2D eigenvalue weighted by atomic mass is 10.1. The number of halogens is 1. The van der Waals surface area contributed by atoms with Gasteiger partial charge in [0.1, 0.15) is 10.7 Å². The predicted octanol–water partition coefficient (Wildman–Crippen LogP) is 4.85. The monoisotopic (exact) mass is 436 g/mol. The van der Waals surface area contributed by atoms with Crippen molar-refractivity contribution in [3.05, 3.63) is 94.8 Å². The highest BCUT2D eigenvalue weighted by atomic mass is 32.2. The first-order chi connectivity index (χ1) is 14.7. The van der Waals surface area contributed by atoms with Gasteiger partial charge < -0.3 is 9.80 Å². The fraction of sp³-hybridized carbons (Fsp3) is 0.125. The minimum atomic E-state index is -4.12. The molecule has 3 aromatic rings. The van der Waals surface area contributed by atoms with E-state index in [-0.39, 0.29) is 21.1 Å². The van der Waals surface area contributed by atoms with Crippen molar-refractivity contribution in [3.8, 4) is 0 Å². The molecule has 0 aromatic heterocycles. The Balaban J connectivity index is 1.89. The Morgan fingerprint density at radius 2 is 1.58 bits per heavy atom. The summed E-state index contributed by atoms with van der Waals surface area (Å²) in [6.07, 6.45) is 1.28. The van der Waals surface area contributed by atoms with Gasteiger partial charge in [-0.05, 0) is 49.4 Å². The Bertz CT molecular complexity index is 1300. The number of sulfone groups is 1. The van der Waals surface area contributed by atoms with Crippen LogP contribution in [0.3, 0.4) is 0 Å². The van der Waals surface area contributed by atoms with Gasteiger partial charge in [0.05, 0.1) is 10.6 Å². The van der Waals surface area contributed by atoms with Crippen LogP contribution in [0.2, 0.25) is 0 Å². The number of nitrogens with zero attached hydrogens (tertiary/aromatic N) is 2. The number of carbonyl (C=O) groups is 1. The van der Waals surface area contributed by atoms with Gasteiger partial charge in [0.25, 0.3) is 0 Å². The van der Waals surface area contributed by atoms with Crippen LogP contribution < -0.4 is 9.80 Å². The van der Waals surface area contributed by atoms with Gasteiger partial charge in [0.15, 0.2) is 0 Å². The van der Waals surface area contributed by atoms with Gasteiger partial charge in [-0.25, -0.2) is 12.8 Å². The largest absolute Gasteiger partial charge is 0.378 e. The zero-order valence-corrected chi connectivity index (χ0v) is 18.2. The lowest BCUT2D eigenvalue weighted by molar-refractivity contribution is 0.104. The molecule has 0 spiro atoms. The fourth-order valence-electron chi connectivity index (χ4n) is 3.43. The van der Waals surface area contributed by atoms with Crippen LogP contribution >= 0.6 is 0 Å². The SMILES string of the molecule is Cc1ccc(C(=O)C2=CN(c3ccc(N(C)C)cc3)c3cc(F)ccc3S2(=O)=O)cc1. The molecule has 31 heavy (non-hydrogen) atoms. The highest BCUT2D eigenvalue weighted by Crippen LogP contribution is 2.41. The van der Waals surface area contributed by atoms with Crippen LogP contribution in [-0.4, -0.2) is 28.3 Å². The Morgan fingerprint density at radius 1 is 0.935 bits per heavy atom. The molecule has 0 saturated carbocycles. The number of fused-ring (bicyclic) bond motifs is 1. The number of aryl methyl sites for hydroxylation is 1. The molecule has 0 unspecified atom stereocenters. The summed E-state index contributed by atoms with van der Waals surface area (Å²) in [5, 5.41) is 0. The second-order valence-electron chi connectivity index (χ2n) is 7.58. The smallest absolute Gasteiger partial charge is 0.214 e. The third-order valence-electron chi connectivity index (χ3n) is 5.19. The lowest BCUT2D eigenvalue weighted by Gasteiger charge is -2.29. The molecule has 4 rings (SSSR count). The molecule has 158 valence electrons. The van der Waals surface area contributed by atoms with Gasteiger partial charge in [-0.1, -0.05) is 29.8 Å². The highest BCUT2D eigenvalue weighted by Gasteiger charge is 2.36. The van der Waals surface area contributed by atoms with Crippen LogP contribution in [0.25, 0.3) is 0 Å². The van der Waals surface area contributed by atoms with Crippen LogP contribution in [-0.2, 0) is 9.84 Å². The van der Waals surface area contributed by atoms with Crippen molar-refractivity contribution in [3.63, 3.8) is 0 Å². The average molecular weight is 437 g/mol. The van der Waals surface area contributed by atoms with Crippen LogP contribution in [0.5, 0.6) is 0 Å². The number of hydrogen-bond acceptors (Lipinski definition) is 5. The Kier molecular flexibility index (Phi) is 5.15. The van der Waals surface area contributed by atoms with E-state index >= 15 is 0 Å². The number of rotatable bonds is 4. The van der Waals surface area contributed by atoms with E-state index in [1.807, 2.05) is 38.1 Å². The molecule has 7 heteroatoms. The third kappa shape index (κ3) is 3.72. The van der Waals surface area contributed by atoms with E-state index in [1.54, 1.807) is 41.3 Å². The van der Waals surface area contributed by atoms with E-state index in [4.69, 9.17) is 0 Å². The van der Waals surface area contributed by atoms with Crippen molar-refractivity contribution in [2.45, 2.75) is 11.8 Å². The third-order valence-corrected chi connectivity index (χ3v) is 6.98. The summed E-state index contributed by atoms with van der Waals surface area (Å²) >= 11 is 0. The lowest BCUT2D eigenvalue weighted by Crippen LogP contribution is -2.26. The molecule has 0 bridgehead atoms. The number of ketones is 1. The first-order valence-corrected chi connectivity index (χ1v) is 11.1. The van der Waals surface area contributed by atoms with E-state index < -0.39 is 21.4 Å². The van der Waals surface area contributed by atoms with E-state index in [1.165, 1.54) is 12.3 Å². The Hall–Kier alpha value is -3.45. The first kappa shape index (κ1) is 20.8. The van der Waals surface area contributed by atoms with E-state index in [0.29, 0.717) is 5.69 Å². The summed E-state index contributed by atoms with van der Waals surface area (Å²) in [6, 6.07) is 17.5. The quantitative estimate of drug-likeness (QED) is 0.432. The second kappa shape index (κ2) is 7.67. The van der Waals surface area contributed by atoms with Gasteiger partial charge in [-0.3, -0.25) is 4.79 Å². The maximum Gasteiger partial charge on any atom is 0.214 e. The summed E-state index contributed by atoms with van der Waals surface area (Å²) in [6.45, 7) is 1.88. The average Bonchev–Trinajstić information content (AvgIpc) is 2.74. The molecule has 1 heterocycles. The molecule has 0 radical (unpaired) electrons. The molecule has 0 amide bonds. The van der Waals surface area contributed by atoms with Crippen LogP contribution in [0.1, 0.15) is 15.9 Å². The van der Waals surface area contributed by atoms with Crippen LogP contribution in [0.4, 0.5) is 21.5 Å². The van der Waals surface area contributed by atoms with Crippen molar-refractivity contribution in [2.24, 2.45) is 0 Å². The Labute approximate surface area is 181 Å². The summed E-state index contributed by atoms with van der Waals surface area (Å²) in [5.74, 6) is -1.17. The summed E-state index contributed by atoms with van der Waals surface area (Å²) in [5.41, 5.74) is 2.96. The van der Waals surface area contributed by atoms with Gasteiger partial charge in [0, 0.05) is 37.2 Å². The zero-order valence-electron chi connectivity index (χ0n) is 17.3. The van der Waals surface area contributed by atoms with E-state index in [2.05, 4.69) is 0 Å². The van der Waals surface area contributed by atoms with Crippen molar-refractivity contribution in [2.75, 3.05) is 23.9 Å². The zero-order chi connectivity index (χ0) is 22.3. The molecule has 1 aliphatic heterocycles. The topological polar surface area (TPSA) is 57.7 Å². The van der Waals surface area contributed by atoms with Gasteiger partial charge in [-0.2, -0.15) is 0 Å². The van der Waals surface area contributed by atoms with Crippen molar-refractivity contribution in [1.29, 1.82) is 0 Å². The van der Waals surface area contributed by atoms with Gasteiger partial charge in [-0.15, -0.1) is 0 Å². The molecule has 0 N–H and O–H groups in total. The normalized spacial score (nSPS) is 14.6. The maximum atomic E-state index is 14.0. The number of anilines is 3. The minimum absolute atomic E-state index is 0.108. The molecule has 5 nitrogen and oxygen atoms in total. The molecular formula is C24H21FN2O3S. The molecule has 0 aliphatic carbocycles. The maximum absolute atomic E-state index is 14.0. The number of allylic oxidation sites excluding steroid dienone is 1. The van der Waals surface area contributed by atoms with Crippen molar-refractivity contribution in [1.82, 2.24) is 0 Å². The standard InChI is InChI=1S/C24H21FN2O3S/c1-16-4-6-17(7-5-16)24(28)23-15-27(20-11-9-19(10-12-20)26(2)3)21-14-18(25)8-13-22(21)31(23,29)30/h4-15H,1-3H3. The minimum Gasteiger partial charge on any atom is -0.378 e. The second-order valence-corrected chi connectivity index (χ2v) is 9.47. The van der Waals surface area contributed by atoms with Gasteiger partial charge >= 0.3 is 0 Å². The van der Waals surface area contributed by atoms with Crippen molar-refractivity contribution < 1.29 is 17.6 Å². The number of hydrogen-bond donors (Lipinski definition) is 0. The van der Waals surface area contributed by atoms with E-state index in [9.17, 15) is 17.6 Å². The van der Waals surface area contributed by atoms with Crippen LogP contribution in [0, 0.1) is 12.7 Å². The van der Waals surface area contributed by atoms with Crippen molar-refractivity contribution >= 4 is 32.7 Å². The highest BCUT2D eigenvalue weighted by molar-refractivity contribution is 7.96. The Morgan fingerprint density at radius 3 is 2.19 bits per heavy atom. The summed E-state index contributed by atoms with van der Waals surface area (Å²) < 4.78 is 40.6. The molecule has 0 atom stereocenters. The fourth-order valence-corrected chi connectivity index (χ4v) is 4.96. The summed E-state index contributed by atoms with van der Waals surface area (Å²) in [4.78, 5) is 16.2. The number of benzene rings is 3. The molecule has 3 aromatic carbocycles. The van der Waals surface area contributed by atoms with Crippen LogP contribution in [0.15, 0.2) is 82.7 Å². The van der Waals surface area contributed by atoms with E-state index in [0.717, 1.165) is 23.4 Å². The molecule has 1 aliphatic rings.